The highest BCUT2D eigenvalue weighted by atomic mass is 32.2. The molecule has 2 heterocycles. The van der Waals surface area contributed by atoms with Crippen LogP contribution in [-0.2, 0) is 23.0 Å². The highest BCUT2D eigenvalue weighted by Crippen LogP contribution is 2.32. The van der Waals surface area contributed by atoms with Crippen LogP contribution in [0, 0.1) is 6.92 Å². The third-order valence-electron chi connectivity index (χ3n) is 6.66. The van der Waals surface area contributed by atoms with Crippen LogP contribution < -0.4 is 10.3 Å². The van der Waals surface area contributed by atoms with Gasteiger partial charge in [-0.2, -0.15) is 4.31 Å². The van der Waals surface area contributed by atoms with Crippen LogP contribution >= 0.6 is 0 Å². The fourth-order valence-corrected chi connectivity index (χ4v) is 6.15. The van der Waals surface area contributed by atoms with Crippen LogP contribution in [0.5, 0.6) is 5.75 Å². The molecular weight excluding hydrogens is 530 g/mol. The zero-order chi connectivity index (χ0) is 28.7. The largest absolute Gasteiger partial charge is 0.493 e. The minimum absolute atomic E-state index is 0.0348. The second-order valence-electron chi connectivity index (χ2n) is 9.63. The van der Waals surface area contributed by atoms with Gasteiger partial charge < -0.3 is 14.8 Å². The van der Waals surface area contributed by atoms with Gasteiger partial charge in [0.2, 0.25) is 10.0 Å². The molecule has 2 N–H and O–H groups in total. The van der Waals surface area contributed by atoms with Gasteiger partial charge in [0.15, 0.2) is 11.3 Å². The molecule has 0 aliphatic carbocycles. The van der Waals surface area contributed by atoms with Gasteiger partial charge in [0, 0.05) is 26.1 Å². The number of aromatic nitrogens is 4. The normalized spacial score (nSPS) is 11.9. The van der Waals surface area contributed by atoms with Gasteiger partial charge in [0.05, 0.1) is 22.8 Å². The Morgan fingerprint density at radius 1 is 1.07 bits per heavy atom. The van der Waals surface area contributed by atoms with Crippen LogP contribution in [0.3, 0.4) is 0 Å². The number of aliphatic hydroxyl groups is 1. The number of sulfonamides is 1. The lowest BCUT2D eigenvalue weighted by atomic mass is 10.2. The van der Waals surface area contributed by atoms with E-state index in [0.29, 0.717) is 47.8 Å². The molecule has 0 aliphatic heterocycles. The summed E-state index contributed by atoms with van der Waals surface area (Å²) in [5, 5.41) is 14.1. The molecule has 0 atom stereocenters. The fraction of sp³-hybridized carbons (Fsp3) is 0.414. The first-order chi connectivity index (χ1) is 19.3. The summed E-state index contributed by atoms with van der Waals surface area (Å²) in [6.45, 7) is 6.24. The predicted octanol–water partition coefficient (Wildman–Crippen LogP) is 4.10. The van der Waals surface area contributed by atoms with E-state index in [0.717, 1.165) is 24.8 Å². The number of unbranched alkanes of at least 4 members (excludes halogenated alkanes) is 2. The van der Waals surface area contributed by atoms with Crippen molar-refractivity contribution in [3.8, 4) is 17.1 Å². The van der Waals surface area contributed by atoms with E-state index in [-0.39, 0.29) is 36.0 Å². The van der Waals surface area contributed by atoms with E-state index in [2.05, 4.69) is 16.9 Å². The maximum absolute atomic E-state index is 13.9. The molecule has 4 rings (SSSR count). The number of aromatic amines is 1. The van der Waals surface area contributed by atoms with Crippen LogP contribution in [0.15, 0.2) is 58.2 Å². The number of hydrogen-bond acceptors (Lipinski definition) is 7. The van der Waals surface area contributed by atoms with E-state index in [1.54, 1.807) is 17.5 Å². The van der Waals surface area contributed by atoms with Gasteiger partial charge in [-0.05, 0) is 50.5 Å². The summed E-state index contributed by atoms with van der Waals surface area (Å²) in [5.74, 6) is 1.28. The number of hydrogen-bond donors (Lipinski definition) is 2. The molecule has 10 nitrogen and oxygen atoms in total. The molecular formula is C29H37N5O5S. The molecule has 0 saturated heterocycles. The zero-order valence-corrected chi connectivity index (χ0v) is 24.1. The van der Waals surface area contributed by atoms with E-state index < -0.39 is 10.0 Å². The summed E-state index contributed by atoms with van der Waals surface area (Å²) in [5.41, 5.74) is 1.79. The van der Waals surface area contributed by atoms with Crippen molar-refractivity contribution in [3.05, 3.63) is 76.0 Å². The summed E-state index contributed by atoms with van der Waals surface area (Å²) < 4.78 is 36.5. The Kier molecular flexibility index (Phi) is 9.72. The molecule has 2 aromatic heterocycles. The van der Waals surface area contributed by atoms with Gasteiger partial charge in [-0.1, -0.05) is 50.1 Å². The molecule has 0 bridgehead atoms. The Morgan fingerprint density at radius 2 is 1.85 bits per heavy atom. The van der Waals surface area contributed by atoms with Gasteiger partial charge in [0.25, 0.3) is 5.56 Å². The molecule has 0 unspecified atom stereocenters. The third kappa shape index (κ3) is 6.43. The average molecular weight is 568 g/mol. The van der Waals surface area contributed by atoms with E-state index in [9.17, 15) is 18.3 Å². The molecule has 0 spiro atoms. The molecule has 0 amide bonds. The Labute approximate surface area is 234 Å². The van der Waals surface area contributed by atoms with Crippen LogP contribution in [0.1, 0.15) is 56.6 Å². The summed E-state index contributed by atoms with van der Waals surface area (Å²) in [7, 11) is -3.98. The van der Waals surface area contributed by atoms with Gasteiger partial charge >= 0.3 is 0 Å². The minimum Gasteiger partial charge on any atom is -0.493 e. The van der Waals surface area contributed by atoms with Crippen LogP contribution in [-0.4, -0.2) is 57.2 Å². The molecule has 0 radical (unpaired) electrons. The Bertz CT molecular complexity index is 1600. The van der Waals surface area contributed by atoms with Crippen molar-refractivity contribution < 1.29 is 18.3 Å². The topological polar surface area (TPSA) is 130 Å². The van der Waals surface area contributed by atoms with Gasteiger partial charge in [-0.15, -0.1) is 5.10 Å². The third-order valence-corrected chi connectivity index (χ3v) is 8.50. The molecule has 4 aromatic rings. The smallest absolute Gasteiger partial charge is 0.277 e. The highest BCUT2D eigenvalue weighted by molar-refractivity contribution is 7.89. The maximum atomic E-state index is 13.9. The van der Waals surface area contributed by atoms with Gasteiger partial charge in [0.1, 0.15) is 11.6 Å². The molecule has 40 heavy (non-hydrogen) atoms. The van der Waals surface area contributed by atoms with Crippen molar-refractivity contribution in [3.63, 3.8) is 0 Å². The van der Waals surface area contributed by atoms with Crippen molar-refractivity contribution in [2.75, 3.05) is 19.8 Å². The first-order valence-corrected chi connectivity index (χ1v) is 15.1. The van der Waals surface area contributed by atoms with E-state index >= 15 is 0 Å². The molecule has 2 aromatic carbocycles. The van der Waals surface area contributed by atoms with Gasteiger partial charge in [-0.25, -0.2) is 17.9 Å². The monoisotopic (exact) mass is 567 g/mol. The molecule has 0 saturated carbocycles. The van der Waals surface area contributed by atoms with E-state index in [1.807, 2.05) is 37.3 Å². The second kappa shape index (κ2) is 13.2. The quantitative estimate of drug-likeness (QED) is 0.220. The Balaban J connectivity index is 1.81. The standard InChI is InChI=1S/C29H37N5O5S/c1-4-6-8-14-26-30-21(3)27-29(36)31-28(32-34(26)27)24-19-23(15-16-25(24)39-5-2)40(37,38)33(17-11-18-35)20-22-12-9-7-10-13-22/h7,9-10,12-13,15-16,19,35H,4-6,8,11,14,17-18,20H2,1-3H3,(H,31,32,36). The van der Waals surface area contributed by atoms with Crippen LogP contribution in [0.25, 0.3) is 16.9 Å². The predicted molar refractivity (Wildman–Crippen MR) is 154 cm³/mol. The van der Waals surface area contributed by atoms with Crippen LogP contribution in [0.4, 0.5) is 0 Å². The summed E-state index contributed by atoms with van der Waals surface area (Å²) in [6, 6.07) is 13.9. The SMILES string of the molecule is CCCCCc1nc(C)c2c(=O)[nH]c(-c3cc(S(=O)(=O)N(CCCO)Cc4ccccc4)ccc3OCC)nn12. The highest BCUT2D eigenvalue weighted by Gasteiger charge is 2.27. The van der Waals surface area contributed by atoms with Crippen molar-refractivity contribution in [2.45, 2.75) is 64.3 Å². The van der Waals surface area contributed by atoms with Crippen molar-refractivity contribution in [1.29, 1.82) is 0 Å². The van der Waals surface area contributed by atoms with Gasteiger partial charge in [-0.3, -0.25) is 4.79 Å². The average Bonchev–Trinajstić information content (AvgIpc) is 3.27. The number of benzene rings is 2. The minimum atomic E-state index is -3.98. The number of H-pyrrole nitrogens is 1. The number of nitrogens with one attached hydrogen (secondary N) is 1. The Hall–Kier alpha value is -3.54. The zero-order valence-electron chi connectivity index (χ0n) is 23.3. The van der Waals surface area contributed by atoms with Crippen LogP contribution in [0.2, 0.25) is 0 Å². The number of fused-ring (bicyclic) bond motifs is 1. The molecule has 0 aliphatic rings. The van der Waals surface area contributed by atoms with Crippen molar-refractivity contribution >= 4 is 15.5 Å². The number of aliphatic hydroxyl groups excluding tert-OH is 1. The lowest BCUT2D eigenvalue weighted by molar-refractivity contribution is 0.267. The first kappa shape index (κ1) is 29.4. The molecule has 0 fully saturated rings. The number of nitrogens with zero attached hydrogens (tertiary/aromatic N) is 4. The van der Waals surface area contributed by atoms with Crippen molar-refractivity contribution in [2.24, 2.45) is 0 Å². The second-order valence-corrected chi connectivity index (χ2v) is 11.6. The summed E-state index contributed by atoms with van der Waals surface area (Å²) in [6.07, 6.45) is 3.98. The number of rotatable bonds is 14. The maximum Gasteiger partial charge on any atom is 0.277 e. The first-order valence-electron chi connectivity index (χ1n) is 13.7. The number of ether oxygens (including phenoxy) is 1. The van der Waals surface area contributed by atoms with E-state index in [1.165, 1.54) is 16.4 Å². The fourth-order valence-electron chi connectivity index (χ4n) is 4.66. The lowest BCUT2D eigenvalue weighted by Gasteiger charge is -2.23. The van der Waals surface area contributed by atoms with Crippen molar-refractivity contribution in [1.82, 2.24) is 23.9 Å². The molecule has 214 valence electrons. The number of aryl methyl sites for hydroxylation is 2. The van der Waals surface area contributed by atoms with E-state index in [4.69, 9.17) is 9.84 Å². The molecule has 11 heteroatoms. The summed E-state index contributed by atoms with van der Waals surface area (Å²) in [4.78, 5) is 20.6. The lowest BCUT2D eigenvalue weighted by Crippen LogP contribution is -2.32. The summed E-state index contributed by atoms with van der Waals surface area (Å²) >= 11 is 0. The Morgan fingerprint density at radius 3 is 2.55 bits per heavy atom. The number of imidazole rings is 1.